The van der Waals surface area contributed by atoms with E-state index in [0.717, 1.165) is 0 Å². The highest BCUT2D eigenvalue weighted by atomic mass is 19.3. The van der Waals surface area contributed by atoms with Crippen LogP contribution in [0.3, 0.4) is 0 Å². The molecule has 1 aliphatic heterocycles. The van der Waals surface area contributed by atoms with Crippen molar-refractivity contribution in [2.75, 3.05) is 19.0 Å². The third-order valence-electron chi connectivity index (χ3n) is 2.51. The number of rotatable bonds is 1. The molecule has 0 N–H and O–H groups in total. The molecule has 0 spiro atoms. The highest BCUT2D eigenvalue weighted by Gasteiger charge is 2.40. The zero-order chi connectivity index (χ0) is 10.3. The van der Waals surface area contributed by atoms with Crippen molar-refractivity contribution in [3.8, 4) is 0 Å². The zero-order valence-electron chi connectivity index (χ0n) is 8.30. The highest BCUT2D eigenvalue weighted by Crippen LogP contribution is 2.41. The van der Waals surface area contributed by atoms with Crippen LogP contribution in [0, 0.1) is 0 Å². The van der Waals surface area contributed by atoms with Gasteiger partial charge in [-0.3, -0.25) is 4.68 Å². The van der Waals surface area contributed by atoms with E-state index in [0.29, 0.717) is 18.7 Å². The number of aryl methyl sites for hydroxylation is 1. The lowest BCUT2D eigenvalue weighted by atomic mass is 10.0. The monoisotopic (exact) mass is 201 g/mol. The molecule has 14 heavy (non-hydrogen) atoms. The van der Waals surface area contributed by atoms with E-state index in [9.17, 15) is 8.78 Å². The van der Waals surface area contributed by atoms with Gasteiger partial charge >= 0.3 is 0 Å². The minimum Gasteiger partial charge on any atom is -0.375 e. The van der Waals surface area contributed by atoms with E-state index in [1.807, 2.05) is 0 Å². The number of nitrogens with zero attached hydrogens (tertiary/aromatic N) is 3. The summed E-state index contributed by atoms with van der Waals surface area (Å²) in [6, 6.07) is 0. The highest BCUT2D eigenvalue weighted by molar-refractivity contribution is 5.50. The molecule has 0 aromatic carbocycles. The first kappa shape index (κ1) is 9.43. The molecule has 0 saturated heterocycles. The molecule has 0 atom stereocenters. The summed E-state index contributed by atoms with van der Waals surface area (Å²) in [6.07, 6.45) is 1.93. The molecular weight excluding hydrogens is 188 g/mol. The van der Waals surface area contributed by atoms with E-state index < -0.39 is 5.92 Å². The largest absolute Gasteiger partial charge is 0.375 e. The molecular formula is C9H13F2N3. The maximum Gasteiger partial charge on any atom is 0.291 e. The normalized spacial score (nSPS) is 19.1. The van der Waals surface area contributed by atoms with Gasteiger partial charge in [-0.05, 0) is 6.42 Å². The molecule has 78 valence electrons. The van der Waals surface area contributed by atoms with Crippen molar-refractivity contribution in [2.24, 2.45) is 0 Å². The molecule has 0 aliphatic carbocycles. The van der Waals surface area contributed by atoms with E-state index in [4.69, 9.17) is 0 Å². The molecule has 5 heteroatoms. The van der Waals surface area contributed by atoms with Crippen molar-refractivity contribution in [3.05, 3.63) is 11.9 Å². The van der Waals surface area contributed by atoms with Crippen LogP contribution < -0.4 is 4.90 Å². The van der Waals surface area contributed by atoms with Gasteiger partial charge in [-0.25, -0.2) is 0 Å². The second-order valence-corrected chi connectivity index (χ2v) is 3.80. The number of halogens is 2. The lowest BCUT2D eigenvalue weighted by molar-refractivity contribution is -0.0358. The number of hydrogen-bond donors (Lipinski definition) is 0. The lowest BCUT2D eigenvalue weighted by Gasteiger charge is -2.26. The average molecular weight is 201 g/mol. The number of fused-ring (bicyclic) bond motifs is 1. The Hall–Kier alpha value is -1.13. The summed E-state index contributed by atoms with van der Waals surface area (Å²) in [6.45, 7) is 0.596. The van der Waals surface area contributed by atoms with Gasteiger partial charge in [0.2, 0.25) is 0 Å². The SMILES string of the molecule is CN(C)c1cnn2c1C(F)(F)CCC2. The van der Waals surface area contributed by atoms with E-state index in [1.165, 1.54) is 10.9 Å². The van der Waals surface area contributed by atoms with E-state index >= 15 is 0 Å². The van der Waals surface area contributed by atoms with Crippen molar-refractivity contribution in [2.45, 2.75) is 25.3 Å². The van der Waals surface area contributed by atoms with Crippen molar-refractivity contribution >= 4 is 5.69 Å². The minimum absolute atomic E-state index is 0.0637. The van der Waals surface area contributed by atoms with Gasteiger partial charge in [0.25, 0.3) is 5.92 Å². The Kier molecular flexibility index (Phi) is 1.97. The fraction of sp³-hybridized carbons (Fsp3) is 0.667. The van der Waals surface area contributed by atoms with Gasteiger partial charge in [0.15, 0.2) is 0 Å². The fourth-order valence-electron chi connectivity index (χ4n) is 1.82. The quantitative estimate of drug-likeness (QED) is 0.691. The Labute approximate surface area is 81.3 Å². The molecule has 0 bridgehead atoms. The van der Waals surface area contributed by atoms with Crippen LogP contribution in [0.4, 0.5) is 14.5 Å². The predicted octanol–water partition coefficient (Wildman–Crippen LogP) is 1.83. The Balaban J connectivity index is 2.53. The fourth-order valence-corrected chi connectivity index (χ4v) is 1.82. The van der Waals surface area contributed by atoms with Gasteiger partial charge in [-0.2, -0.15) is 13.9 Å². The van der Waals surface area contributed by atoms with Gasteiger partial charge in [0, 0.05) is 27.1 Å². The Morgan fingerprint density at radius 3 is 2.86 bits per heavy atom. The van der Waals surface area contributed by atoms with Crippen LogP contribution in [0.25, 0.3) is 0 Å². The van der Waals surface area contributed by atoms with Crippen LogP contribution in [-0.4, -0.2) is 23.9 Å². The van der Waals surface area contributed by atoms with Crippen LogP contribution in [-0.2, 0) is 12.5 Å². The zero-order valence-corrected chi connectivity index (χ0v) is 8.30. The third kappa shape index (κ3) is 1.27. The topological polar surface area (TPSA) is 21.1 Å². The summed E-state index contributed by atoms with van der Waals surface area (Å²) in [5.74, 6) is -2.73. The minimum atomic E-state index is -2.73. The van der Waals surface area contributed by atoms with Gasteiger partial charge in [0.05, 0.1) is 11.9 Å². The summed E-state index contributed by atoms with van der Waals surface area (Å²) in [5, 5.41) is 3.97. The number of anilines is 1. The first-order valence-electron chi connectivity index (χ1n) is 4.64. The third-order valence-corrected chi connectivity index (χ3v) is 2.51. The standard InChI is InChI=1S/C9H13F2N3/c1-13(2)7-6-12-14-5-3-4-9(10,11)8(7)14/h6H,3-5H2,1-2H3. The predicted molar refractivity (Wildman–Crippen MR) is 49.7 cm³/mol. The summed E-state index contributed by atoms with van der Waals surface area (Å²) in [7, 11) is 3.51. The van der Waals surface area contributed by atoms with Crippen molar-refractivity contribution < 1.29 is 8.78 Å². The number of hydrogen-bond acceptors (Lipinski definition) is 2. The molecule has 0 radical (unpaired) electrons. The second-order valence-electron chi connectivity index (χ2n) is 3.80. The van der Waals surface area contributed by atoms with Crippen LogP contribution >= 0.6 is 0 Å². The Bertz CT molecular complexity index is 344. The van der Waals surface area contributed by atoms with Gasteiger partial charge in [-0.15, -0.1) is 0 Å². The molecule has 1 aromatic heterocycles. The molecule has 0 unspecified atom stereocenters. The molecule has 0 amide bonds. The molecule has 3 nitrogen and oxygen atoms in total. The first-order valence-corrected chi connectivity index (χ1v) is 4.64. The maximum atomic E-state index is 13.6. The Morgan fingerprint density at radius 2 is 2.21 bits per heavy atom. The molecule has 1 aromatic rings. The summed E-state index contributed by atoms with van der Waals surface area (Å²) in [4.78, 5) is 1.68. The van der Waals surface area contributed by atoms with Gasteiger partial charge in [0.1, 0.15) is 5.69 Å². The van der Waals surface area contributed by atoms with Gasteiger partial charge in [-0.1, -0.05) is 0 Å². The molecule has 2 rings (SSSR count). The van der Waals surface area contributed by atoms with Gasteiger partial charge < -0.3 is 4.90 Å². The van der Waals surface area contributed by atoms with Crippen LogP contribution in [0.1, 0.15) is 18.5 Å². The van der Waals surface area contributed by atoms with E-state index in [-0.39, 0.29) is 12.1 Å². The maximum absolute atomic E-state index is 13.6. The van der Waals surface area contributed by atoms with Crippen LogP contribution in [0.2, 0.25) is 0 Å². The summed E-state index contributed by atoms with van der Waals surface area (Å²) in [5.41, 5.74) is 0.587. The van der Waals surface area contributed by atoms with Crippen LogP contribution in [0.5, 0.6) is 0 Å². The molecule has 0 fully saturated rings. The molecule has 2 heterocycles. The van der Waals surface area contributed by atoms with Crippen molar-refractivity contribution in [3.63, 3.8) is 0 Å². The van der Waals surface area contributed by atoms with E-state index in [2.05, 4.69) is 5.10 Å². The smallest absolute Gasteiger partial charge is 0.291 e. The number of alkyl halides is 2. The summed E-state index contributed by atoms with van der Waals surface area (Å²) < 4.78 is 28.5. The number of aromatic nitrogens is 2. The second kappa shape index (κ2) is 2.93. The first-order chi connectivity index (χ1) is 6.52. The van der Waals surface area contributed by atoms with Crippen LogP contribution in [0.15, 0.2) is 6.20 Å². The van der Waals surface area contributed by atoms with Crippen molar-refractivity contribution in [1.29, 1.82) is 0 Å². The summed E-state index contributed by atoms with van der Waals surface area (Å²) >= 11 is 0. The Morgan fingerprint density at radius 1 is 1.50 bits per heavy atom. The lowest BCUT2D eigenvalue weighted by Crippen LogP contribution is -2.27. The molecule has 1 aliphatic rings. The van der Waals surface area contributed by atoms with E-state index in [1.54, 1.807) is 19.0 Å². The van der Waals surface area contributed by atoms with Crippen molar-refractivity contribution in [1.82, 2.24) is 9.78 Å². The molecule has 0 saturated carbocycles. The average Bonchev–Trinajstić information content (AvgIpc) is 2.48.